The zero-order valence-corrected chi connectivity index (χ0v) is 11.7. The number of carbonyl (C=O) groups excluding carboxylic acids is 1. The molecule has 4 saturated carbocycles. The number of fused-ring (bicyclic) bond motifs is 1. The van der Waals surface area contributed by atoms with Crippen molar-refractivity contribution in [1.82, 2.24) is 10.3 Å². The third kappa shape index (κ3) is 1.46. The fourth-order valence-electron chi connectivity index (χ4n) is 5.66. The lowest BCUT2D eigenvalue weighted by atomic mass is 9.49. The Morgan fingerprint density at radius 3 is 2.30 bits per heavy atom. The van der Waals surface area contributed by atoms with Crippen LogP contribution in [0.3, 0.4) is 0 Å². The summed E-state index contributed by atoms with van der Waals surface area (Å²) in [5, 5.41) is 3.09. The minimum Gasteiger partial charge on any atom is -0.443 e. The van der Waals surface area contributed by atoms with E-state index in [0.717, 1.165) is 29.4 Å². The van der Waals surface area contributed by atoms with Crippen LogP contribution in [0.25, 0.3) is 0 Å². The largest absolute Gasteiger partial charge is 0.443 e. The Bertz CT molecular complexity index is 554. The lowest BCUT2D eigenvalue weighted by Gasteiger charge is -2.55. The predicted octanol–water partition coefficient (Wildman–Crippen LogP) is 2.43. The van der Waals surface area contributed by atoms with Gasteiger partial charge in [-0.05, 0) is 56.3 Å². The van der Waals surface area contributed by atoms with E-state index >= 15 is 0 Å². The van der Waals surface area contributed by atoms with Gasteiger partial charge >= 0.3 is 0 Å². The molecule has 0 aromatic carbocycles. The molecule has 0 spiro atoms. The van der Waals surface area contributed by atoms with E-state index in [9.17, 15) is 4.79 Å². The quantitative estimate of drug-likeness (QED) is 0.853. The van der Waals surface area contributed by atoms with Gasteiger partial charge in [-0.25, -0.2) is 4.98 Å². The van der Waals surface area contributed by atoms with Crippen LogP contribution in [0.15, 0.2) is 4.42 Å². The molecule has 4 fully saturated rings. The lowest BCUT2D eigenvalue weighted by Crippen LogP contribution is -2.48. The second kappa shape index (κ2) is 3.73. The Kier molecular flexibility index (Phi) is 2.14. The monoisotopic (exact) mass is 272 g/mol. The molecule has 5 aliphatic rings. The fourth-order valence-corrected chi connectivity index (χ4v) is 5.66. The highest BCUT2D eigenvalue weighted by Gasteiger charge is 2.54. The smallest absolute Gasteiger partial charge is 0.201 e. The van der Waals surface area contributed by atoms with Crippen LogP contribution in [0.1, 0.15) is 60.7 Å². The molecule has 4 nitrogen and oxygen atoms in total. The van der Waals surface area contributed by atoms with E-state index in [-0.39, 0.29) is 11.2 Å². The van der Waals surface area contributed by atoms with Gasteiger partial charge in [0, 0.05) is 5.41 Å². The van der Waals surface area contributed by atoms with Crippen LogP contribution in [0.4, 0.5) is 0 Å². The Morgan fingerprint density at radius 2 is 1.70 bits per heavy atom. The van der Waals surface area contributed by atoms with E-state index < -0.39 is 0 Å². The second-order valence-electron chi connectivity index (χ2n) is 7.52. The lowest BCUT2D eigenvalue weighted by molar-refractivity contribution is -0.0182. The van der Waals surface area contributed by atoms with Gasteiger partial charge in [0.05, 0.1) is 13.1 Å². The predicted molar refractivity (Wildman–Crippen MR) is 72.4 cm³/mol. The first-order valence-corrected chi connectivity index (χ1v) is 7.96. The standard InChI is InChI=1S/C16H20N2O2/c19-12-7-17-8-13-14(12)18-15(20-13)16-4-9-1-10(5-16)3-11(2-9)6-16/h9-11,17H,1-8H2. The Labute approximate surface area is 118 Å². The number of ketones is 1. The number of oxazole rings is 1. The number of carbonyl (C=O) groups is 1. The Morgan fingerprint density at radius 1 is 1.05 bits per heavy atom. The summed E-state index contributed by atoms with van der Waals surface area (Å²) in [4.78, 5) is 16.6. The summed E-state index contributed by atoms with van der Waals surface area (Å²) >= 11 is 0. The van der Waals surface area contributed by atoms with Gasteiger partial charge in [-0.1, -0.05) is 0 Å². The minimum atomic E-state index is 0.0889. The molecular weight excluding hydrogens is 252 g/mol. The van der Waals surface area contributed by atoms with Crippen LogP contribution in [0, 0.1) is 17.8 Å². The molecule has 4 bridgehead atoms. The van der Waals surface area contributed by atoms with Crippen molar-refractivity contribution in [3.05, 3.63) is 17.3 Å². The highest BCUT2D eigenvalue weighted by molar-refractivity contribution is 5.97. The molecule has 20 heavy (non-hydrogen) atoms. The van der Waals surface area contributed by atoms with Crippen molar-refractivity contribution in [2.45, 2.75) is 50.5 Å². The van der Waals surface area contributed by atoms with Crippen molar-refractivity contribution in [3.63, 3.8) is 0 Å². The first-order chi connectivity index (χ1) is 9.72. The van der Waals surface area contributed by atoms with Gasteiger partial charge in [-0.15, -0.1) is 0 Å². The summed E-state index contributed by atoms with van der Waals surface area (Å²) in [6.07, 6.45) is 7.96. The highest BCUT2D eigenvalue weighted by Crippen LogP contribution is 2.60. The van der Waals surface area contributed by atoms with Crippen molar-refractivity contribution in [2.75, 3.05) is 6.54 Å². The molecular formula is C16H20N2O2. The van der Waals surface area contributed by atoms with Gasteiger partial charge in [0.25, 0.3) is 0 Å². The number of rotatable bonds is 1. The summed E-state index contributed by atoms with van der Waals surface area (Å²) in [6.45, 7) is 1.06. The number of aromatic nitrogens is 1. The molecule has 4 aliphatic carbocycles. The molecule has 1 aromatic heterocycles. The van der Waals surface area contributed by atoms with Crippen LogP contribution in [0.5, 0.6) is 0 Å². The van der Waals surface area contributed by atoms with Crippen molar-refractivity contribution >= 4 is 5.78 Å². The maximum Gasteiger partial charge on any atom is 0.201 e. The van der Waals surface area contributed by atoms with Crippen LogP contribution in [-0.2, 0) is 12.0 Å². The molecule has 2 heterocycles. The summed E-state index contributed by atoms with van der Waals surface area (Å²) in [5.41, 5.74) is 0.765. The zero-order valence-electron chi connectivity index (χ0n) is 11.7. The van der Waals surface area contributed by atoms with Crippen molar-refractivity contribution in [3.8, 4) is 0 Å². The maximum atomic E-state index is 11.9. The van der Waals surface area contributed by atoms with Gasteiger partial charge in [0.2, 0.25) is 5.89 Å². The third-order valence-corrected chi connectivity index (χ3v) is 6.02. The zero-order chi connectivity index (χ0) is 13.3. The van der Waals surface area contributed by atoms with E-state index in [0.29, 0.717) is 18.8 Å². The molecule has 0 amide bonds. The average molecular weight is 272 g/mol. The number of nitrogens with zero attached hydrogens (tertiary/aromatic N) is 1. The van der Waals surface area contributed by atoms with Gasteiger partial charge in [0.1, 0.15) is 5.76 Å². The summed E-state index contributed by atoms with van der Waals surface area (Å²) in [5.74, 6) is 4.37. The topological polar surface area (TPSA) is 55.1 Å². The molecule has 1 aliphatic heterocycles. The first kappa shape index (κ1) is 11.5. The minimum absolute atomic E-state index is 0.0889. The summed E-state index contributed by atoms with van der Waals surface area (Å²) in [7, 11) is 0. The number of nitrogens with one attached hydrogen (secondary N) is 1. The van der Waals surface area contributed by atoms with E-state index in [4.69, 9.17) is 4.42 Å². The first-order valence-electron chi connectivity index (χ1n) is 7.96. The van der Waals surface area contributed by atoms with E-state index in [2.05, 4.69) is 10.3 Å². The molecule has 0 unspecified atom stereocenters. The average Bonchev–Trinajstić information content (AvgIpc) is 2.83. The maximum absolute atomic E-state index is 11.9. The van der Waals surface area contributed by atoms with Crippen molar-refractivity contribution in [1.29, 1.82) is 0 Å². The van der Waals surface area contributed by atoms with Crippen LogP contribution in [-0.4, -0.2) is 17.3 Å². The molecule has 106 valence electrons. The van der Waals surface area contributed by atoms with Crippen LogP contribution in [0.2, 0.25) is 0 Å². The van der Waals surface area contributed by atoms with Gasteiger partial charge in [-0.2, -0.15) is 0 Å². The number of hydrogen-bond acceptors (Lipinski definition) is 4. The number of Topliss-reactive ketones (excluding diaryl/α,β-unsaturated/α-hetero) is 1. The SMILES string of the molecule is O=C1CNCc2oc(C34CC5CC(CC(C5)C3)C4)nc21. The highest BCUT2D eigenvalue weighted by atomic mass is 16.4. The van der Waals surface area contributed by atoms with Crippen LogP contribution >= 0.6 is 0 Å². The normalized spacial score (nSPS) is 42.0. The summed E-state index contributed by atoms with van der Waals surface area (Å²) < 4.78 is 6.07. The summed E-state index contributed by atoms with van der Waals surface area (Å²) in [6, 6.07) is 0. The Balaban J connectivity index is 1.58. The van der Waals surface area contributed by atoms with Crippen LogP contribution < -0.4 is 5.32 Å². The molecule has 0 atom stereocenters. The Hall–Kier alpha value is -1.16. The molecule has 6 rings (SSSR count). The molecule has 4 heteroatoms. The van der Waals surface area contributed by atoms with E-state index in [1.165, 1.54) is 38.5 Å². The second-order valence-corrected chi connectivity index (χ2v) is 7.52. The number of hydrogen-bond donors (Lipinski definition) is 1. The van der Waals surface area contributed by atoms with Gasteiger partial charge in [0.15, 0.2) is 11.5 Å². The molecule has 0 radical (unpaired) electrons. The van der Waals surface area contributed by atoms with E-state index in [1.54, 1.807) is 0 Å². The van der Waals surface area contributed by atoms with Crippen molar-refractivity contribution < 1.29 is 9.21 Å². The third-order valence-electron chi connectivity index (χ3n) is 6.02. The molecule has 0 saturated heterocycles. The molecule has 1 N–H and O–H groups in total. The van der Waals surface area contributed by atoms with E-state index in [1.807, 2.05) is 0 Å². The fraction of sp³-hybridized carbons (Fsp3) is 0.750. The van der Waals surface area contributed by atoms with Gasteiger partial charge < -0.3 is 9.73 Å². The van der Waals surface area contributed by atoms with Crippen molar-refractivity contribution in [2.24, 2.45) is 17.8 Å². The molecule has 1 aromatic rings. The van der Waals surface area contributed by atoms with Gasteiger partial charge in [-0.3, -0.25) is 4.79 Å².